The van der Waals surface area contributed by atoms with Crippen LogP contribution in [-0.4, -0.2) is 57.8 Å². The molecule has 3 aliphatic rings. The molecule has 15 heteroatoms. The summed E-state index contributed by atoms with van der Waals surface area (Å²) < 4.78 is 52.0. The highest BCUT2D eigenvalue weighted by Gasteiger charge is 2.26. The number of phenolic OH excluding ortho intramolecular Hbond substituents is 1. The minimum absolute atomic E-state index is 0.0210. The highest BCUT2D eigenvalue weighted by molar-refractivity contribution is 6.32. The van der Waals surface area contributed by atoms with Crippen LogP contribution in [-0.2, 0) is 13.1 Å². The van der Waals surface area contributed by atoms with E-state index < -0.39 is 34.7 Å². The van der Waals surface area contributed by atoms with Crippen LogP contribution >= 0.6 is 11.6 Å². The minimum Gasteiger partial charge on any atom is -0.505 e. The molecular weight excluding hydrogens is 835 g/mol. The Morgan fingerprint density at radius 1 is 0.857 bits per heavy atom. The Labute approximate surface area is 362 Å². The van der Waals surface area contributed by atoms with Gasteiger partial charge in [-0.3, -0.25) is 9.59 Å². The molecule has 1 saturated heterocycles. The highest BCUT2D eigenvalue weighted by atomic mass is 35.5. The zero-order valence-corrected chi connectivity index (χ0v) is 34.5. The molecule has 1 aromatic heterocycles. The Morgan fingerprint density at radius 2 is 1.59 bits per heavy atom. The summed E-state index contributed by atoms with van der Waals surface area (Å²) in [7, 11) is 0. The highest BCUT2D eigenvalue weighted by Crippen LogP contribution is 2.43. The fourth-order valence-corrected chi connectivity index (χ4v) is 8.54. The number of carboxylic acid groups (broad SMARTS) is 1. The van der Waals surface area contributed by atoms with Crippen LogP contribution in [0, 0.1) is 31.3 Å². The molecule has 2 aliphatic heterocycles. The Balaban J connectivity index is 1.03. The number of fused-ring (bicyclic) bond motifs is 3. The average Bonchev–Trinajstić information content (AvgIpc) is 3.62. The van der Waals surface area contributed by atoms with E-state index in [1.54, 1.807) is 13.8 Å². The van der Waals surface area contributed by atoms with Crippen LogP contribution in [0.5, 0.6) is 5.75 Å². The van der Waals surface area contributed by atoms with E-state index in [0.29, 0.717) is 22.7 Å². The van der Waals surface area contributed by atoms with E-state index in [1.165, 1.54) is 18.2 Å². The molecular formula is C48H37ClF3N5O6. The molecule has 4 N–H and O–H groups in total. The van der Waals surface area contributed by atoms with Gasteiger partial charge in [0.1, 0.15) is 17.2 Å². The second kappa shape index (κ2) is 16.3. The number of carbonyl (C=O) groups is 2. The number of aryl methyl sites for hydroxylation is 2. The van der Waals surface area contributed by atoms with Crippen molar-refractivity contribution in [2.24, 2.45) is 0 Å². The van der Waals surface area contributed by atoms with E-state index >= 15 is 0 Å². The summed E-state index contributed by atoms with van der Waals surface area (Å²) >= 11 is 6.79. The molecule has 1 amide bonds. The van der Waals surface area contributed by atoms with E-state index in [4.69, 9.17) is 21.0 Å². The van der Waals surface area contributed by atoms with Crippen LogP contribution in [0.2, 0.25) is 5.02 Å². The van der Waals surface area contributed by atoms with E-state index in [2.05, 4.69) is 20.1 Å². The lowest BCUT2D eigenvalue weighted by Gasteiger charge is -2.29. The fraction of sp³-hybridized carbons (Fsp3) is 0.167. The molecule has 0 unspecified atom stereocenters. The lowest BCUT2D eigenvalue weighted by molar-refractivity contribution is 0.0697. The molecule has 1 fully saturated rings. The van der Waals surface area contributed by atoms with Gasteiger partial charge >= 0.3 is 5.97 Å². The first-order valence-electron chi connectivity index (χ1n) is 20.0. The van der Waals surface area contributed by atoms with E-state index in [-0.39, 0.29) is 56.9 Å². The van der Waals surface area contributed by atoms with Crippen molar-refractivity contribution < 1.29 is 37.4 Å². The number of carboxylic acids is 1. The molecule has 9 rings (SSSR count). The Bertz CT molecular complexity index is 3170. The van der Waals surface area contributed by atoms with Gasteiger partial charge in [-0.25, -0.2) is 22.9 Å². The van der Waals surface area contributed by atoms with Crippen molar-refractivity contribution >= 4 is 51.4 Å². The maximum atomic E-state index is 14.8. The number of carbonyl (C=O) groups excluding carboxylic acids is 1. The van der Waals surface area contributed by atoms with Crippen molar-refractivity contribution in [1.82, 2.24) is 20.2 Å². The van der Waals surface area contributed by atoms with Gasteiger partial charge in [0, 0.05) is 77.5 Å². The molecule has 11 nitrogen and oxygen atoms in total. The van der Waals surface area contributed by atoms with Crippen molar-refractivity contribution in [2.75, 3.05) is 31.1 Å². The zero-order valence-electron chi connectivity index (χ0n) is 33.8. The first-order valence-corrected chi connectivity index (χ1v) is 20.4. The van der Waals surface area contributed by atoms with Crippen molar-refractivity contribution in [2.45, 2.75) is 26.9 Å². The number of aromatic hydroxyl groups is 1. The maximum absolute atomic E-state index is 14.8. The number of rotatable bonds is 9. The Morgan fingerprint density at radius 3 is 2.30 bits per heavy atom. The fourth-order valence-electron chi connectivity index (χ4n) is 8.32. The van der Waals surface area contributed by atoms with Gasteiger partial charge in [0.15, 0.2) is 17.4 Å². The average molecular weight is 872 g/mol. The summed E-state index contributed by atoms with van der Waals surface area (Å²) in [5.74, 6) is -4.52. The number of nitrogens with one attached hydrogen (secondary N) is 2. The number of amides is 1. The lowest BCUT2D eigenvalue weighted by atomic mass is 9.89. The summed E-state index contributed by atoms with van der Waals surface area (Å²) in [6, 6.07) is 22.4. The number of imidazole rings is 1. The zero-order chi connectivity index (χ0) is 44.3. The van der Waals surface area contributed by atoms with Crippen LogP contribution in [0.15, 0.2) is 100 Å². The summed E-state index contributed by atoms with van der Waals surface area (Å²) in [5, 5.41) is 27.0. The van der Waals surface area contributed by atoms with Crippen molar-refractivity contribution in [3.63, 3.8) is 0 Å². The van der Waals surface area contributed by atoms with Crippen LogP contribution in [0.1, 0.15) is 43.0 Å². The molecule has 63 heavy (non-hydrogen) atoms. The summed E-state index contributed by atoms with van der Waals surface area (Å²) in [6.45, 7) is 7.16. The van der Waals surface area contributed by atoms with Gasteiger partial charge in [0.25, 0.3) is 5.91 Å². The smallest absolute Gasteiger partial charge is 0.336 e. The van der Waals surface area contributed by atoms with Crippen LogP contribution in [0.3, 0.4) is 0 Å². The van der Waals surface area contributed by atoms with E-state index in [0.717, 1.165) is 89.7 Å². The van der Waals surface area contributed by atoms with Crippen molar-refractivity contribution in [3.05, 3.63) is 157 Å². The Hall–Kier alpha value is -7.16. The monoisotopic (exact) mass is 871 g/mol. The molecule has 0 saturated carbocycles. The Kier molecular flexibility index (Phi) is 10.6. The summed E-state index contributed by atoms with van der Waals surface area (Å²) in [5.41, 5.74) is 4.50. The summed E-state index contributed by atoms with van der Waals surface area (Å²) in [6.07, 6.45) is 0. The molecule has 0 spiro atoms. The molecule has 5 aromatic carbocycles. The number of benzene rings is 6. The third-order valence-electron chi connectivity index (χ3n) is 11.4. The first-order chi connectivity index (χ1) is 30.2. The lowest BCUT2D eigenvalue weighted by Crippen LogP contribution is -2.44. The topological polar surface area (TPSA) is 150 Å². The van der Waals surface area contributed by atoms with Gasteiger partial charge in [-0.1, -0.05) is 48.0 Å². The van der Waals surface area contributed by atoms with Crippen LogP contribution in [0.25, 0.3) is 55.6 Å². The third-order valence-corrected chi connectivity index (χ3v) is 11.6. The first kappa shape index (κ1) is 41.2. The second-order valence-corrected chi connectivity index (χ2v) is 16.0. The number of anilines is 1. The molecule has 3 heterocycles. The standard InChI is InChI=1S/C48H37ClF3N5O6/c1-24-13-27(14-25(2)44(24)52)23-57-38-17-30(49)16-32(45(38)55-48(57)56-11-9-53-10-12-56)28-5-3-26(4-6-28)22-54-46(60)29-7-8-31(47(61)62)33(15-29)43-34-18-36(50)39(58)20-41(34)63-42-21-40(59)37(51)19-35(42)43/h3-8,13-21,53,58H,9-12,22-23H2,1-2H3,(H,54,60)(H,61,62). The number of halogens is 4. The van der Waals surface area contributed by atoms with Crippen LogP contribution < -0.4 is 21.0 Å². The molecule has 0 bridgehead atoms. The predicted octanol–water partition coefficient (Wildman–Crippen LogP) is 9.06. The minimum atomic E-state index is -1.39. The van der Waals surface area contributed by atoms with Crippen LogP contribution in [0.4, 0.5) is 19.1 Å². The number of hydrogen-bond acceptors (Lipinski definition) is 8. The van der Waals surface area contributed by atoms with E-state index in [1.807, 2.05) is 48.5 Å². The molecule has 0 radical (unpaired) electrons. The quantitative estimate of drug-likeness (QED) is 0.104. The molecule has 6 aromatic rings. The number of nitrogens with zero attached hydrogens (tertiary/aromatic N) is 3. The van der Waals surface area contributed by atoms with Gasteiger partial charge in [0.05, 0.1) is 23.1 Å². The molecule has 318 valence electrons. The van der Waals surface area contributed by atoms with Crippen molar-refractivity contribution in [1.29, 1.82) is 0 Å². The van der Waals surface area contributed by atoms with Gasteiger partial charge < -0.3 is 34.7 Å². The number of piperazine rings is 1. The van der Waals surface area contributed by atoms with Gasteiger partial charge in [-0.05, 0) is 89.7 Å². The second-order valence-electron chi connectivity index (χ2n) is 15.6. The van der Waals surface area contributed by atoms with E-state index in [9.17, 15) is 37.8 Å². The van der Waals surface area contributed by atoms with Gasteiger partial charge in [-0.15, -0.1) is 0 Å². The number of aromatic carboxylic acids is 1. The van der Waals surface area contributed by atoms with Gasteiger partial charge in [0.2, 0.25) is 11.4 Å². The number of aromatic nitrogens is 2. The van der Waals surface area contributed by atoms with Crippen molar-refractivity contribution in [3.8, 4) is 39.3 Å². The molecule has 0 atom stereocenters. The number of hydrogen-bond donors (Lipinski definition) is 4. The predicted molar refractivity (Wildman–Crippen MR) is 234 cm³/mol. The third kappa shape index (κ3) is 7.72. The maximum Gasteiger partial charge on any atom is 0.336 e. The number of phenols is 1. The van der Waals surface area contributed by atoms with Gasteiger partial charge in [-0.2, -0.15) is 0 Å². The largest absolute Gasteiger partial charge is 0.505 e. The SMILES string of the molecule is Cc1cc(Cn2c(N3CCNCC3)nc3c(-c4ccc(CNC(=O)c5ccc(C(=O)O)c(-c6c7cc(F)c(=O)cc-7oc7cc(O)c(F)cc67)c5)cc4)cc(Cl)cc32)cc(C)c1F. The summed E-state index contributed by atoms with van der Waals surface area (Å²) in [4.78, 5) is 45.9. The molecule has 1 aliphatic carbocycles. The normalized spacial score (nSPS) is 13.0.